The van der Waals surface area contributed by atoms with Crippen molar-refractivity contribution in [1.29, 1.82) is 0 Å². The number of hydrogen-bond donors (Lipinski definition) is 2. The molecule has 1 aromatic rings. The monoisotopic (exact) mass is 263 g/mol. The van der Waals surface area contributed by atoms with Crippen LogP contribution in [0.2, 0.25) is 0 Å². The zero-order valence-electron chi connectivity index (χ0n) is 11.5. The lowest BCUT2D eigenvalue weighted by molar-refractivity contribution is -0.136. The molecule has 0 radical (unpaired) electrons. The molecule has 0 unspecified atom stereocenters. The Morgan fingerprint density at radius 3 is 2.53 bits per heavy atom. The first-order valence-corrected chi connectivity index (χ1v) is 6.53. The zero-order valence-corrected chi connectivity index (χ0v) is 11.5. The lowest BCUT2D eigenvalue weighted by Crippen LogP contribution is -2.25. The first-order valence-electron chi connectivity index (χ1n) is 6.53. The van der Waals surface area contributed by atoms with Gasteiger partial charge in [0.05, 0.1) is 6.42 Å². The van der Waals surface area contributed by atoms with E-state index >= 15 is 0 Å². The van der Waals surface area contributed by atoms with Crippen molar-refractivity contribution in [2.45, 2.75) is 39.5 Å². The Morgan fingerprint density at radius 1 is 1.16 bits per heavy atom. The molecule has 0 spiro atoms. The molecule has 0 aliphatic rings. The van der Waals surface area contributed by atoms with Crippen LogP contribution >= 0.6 is 0 Å². The number of carboxylic acid groups (broad SMARTS) is 1. The summed E-state index contributed by atoms with van der Waals surface area (Å²) in [6.45, 7) is 4.37. The standard InChI is InChI=1S/C15H21NO3/c1-11-6-7-13(10-12(11)2)4-3-5-14(17)16-9-8-15(18)19/h6-7,10H,3-5,8-9H2,1-2H3,(H,16,17)(H,18,19). The number of aliphatic carboxylic acids is 1. The van der Waals surface area contributed by atoms with Crippen LogP contribution in [0.3, 0.4) is 0 Å². The summed E-state index contributed by atoms with van der Waals surface area (Å²) < 4.78 is 0. The summed E-state index contributed by atoms with van der Waals surface area (Å²) in [5, 5.41) is 11.0. The molecule has 0 aromatic heterocycles. The number of rotatable bonds is 7. The Labute approximate surface area is 113 Å². The van der Waals surface area contributed by atoms with Crippen molar-refractivity contribution in [2.75, 3.05) is 6.54 Å². The van der Waals surface area contributed by atoms with Crippen LogP contribution in [0.15, 0.2) is 18.2 Å². The van der Waals surface area contributed by atoms with Crippen molar-refractivity contribution in [1.82, 2.24) is 5.32 Å². The molecule has 0 atom stereocenters. The summed E-state index contributed by atoms with van der Waals surface area (Å²) in [5.41, 5.74) is 3.78. The van der Waals surface area contributed by atoms with Crippen LogP contribution in [0.5, 0.6) is 0 Å². The Morgan fingerprint density at radius 2 is 1.89 bits per heavy atom. The highest BCUT2D eigenvalue weighted by atomic mass is 16.4. The van der Waals surface area contributed by atoms with Crippen molar-refractivity contribution in [3.63, 3.8) is 0 Å². The van der Waals surface area contributed by atoms with Crippen molar-refractivity contribution < 1.29 is 14.7 Å². The minimum Gasteiger partial charge on any atom is -0.481 e. The van der Waals surface area contributed by atoms with Gasteiger partial charge in [0.1, 0.15) is 0 Å². The fourth-order valence-electron chi connectivity index (χ4n) is 1.81. The second-order valence-electron chi connectivity index (χ2n) is 4.77. The summed E-state index contributed by atoms with van der Waals surface area (Å²) in [7, 11) is 0. The molecule has 0 fully saturated rings. The molecule has 19 heavy (non-hydrogen) atoms. The summed E-state index contributed by atoms with van der Waals surface area (Å²) in [6, 6.07) is 6.33. The third-order valence-corrected chi connectivity index (χ3v) is 3.10. The van der Waals surface area contributed by atoms with Gasteiger partial charge in [0.25, 0.3) is 0 Å². The largest absolute Gasteiger partial charge is 0.481 e. The maximum Gasteiger partial charge on any atom is 0.305 e. The molecular weight excluding hydrogens is 242 g/mol. The average Bonchev–Trinajstić information content (AvgIpc) is 2.33. The number of carbonyl (C=O) groups excluding carboxylic acids is 1. The number of benzene rings is 1. The number of carboxylic acids is 1. The van der Waals surface area contributed by atoms with E-state index in [1.165, 1.54) is 16.7 Å². The van der Waals surface area contributed by atoms with E-state index in [1.807, 2.05) is 0 Å². The van der Waals surface area contributed by atoms with Crippen molar-refractivity contribution >= 4 is 11.9 Å². The fraction of sp³-hybridized carbons (Fsp3) is 0.467. The van der Waals surface area contributed by atoms with Gasteiger partial charge in [0, 0.05) is 13.0 Å². The van der Waals surface area contributed by atoms with Crippen LogP contribution in [0.4, 0.5) is 0 Å². The van der Waals surface area contributed by atoms with E-state index in [2.05, 4.69) is 37.4 Å². The average molecular weight is 263 g/mol. The van der Waals surface area contributed by atoms with Crippen LogP contribution in [0, 0.1) is 13.8 Å². The molecule has 0 bridgehead atoms. The number of carbonyl (C=O) groups is 2. The third kappa shape index (κ3) is 6.04. The topological polar surface area (TPSA) is 66.4 Å². The second kappa shape index (κ2) is 7.56. The van der Waals surface area contributed by atoms with E-state index in [9.17, 15) is 9.59 Å². The highest BCUT2D eigenvalue weighted by molar-refractivity contribution is 5.76. The highest BCUT2D eigenvalue weighted by Crippen LogP contribution is 2.12. The van der Waals surface area contributed by atoms with Gasteiger partial charge in [0.2, 0.25) is 5.91 Å². The lowest BCUT2D eigenvalue weighted by Gasteiger charge is -2.06. The molecule has 2 N–H and O–H groups in total. The molecule has 0 saturated carbocycles. The van der Waals surface area contributed by atoms with Crippen molar-refractivity contribution in [3.8, 4) is 0 Å². The van der Waals surface area contributed by atoms with E-state index < -0.39 is 5.97 Å². The lowest BCUT2D eigenvalue weighted by atomic mass is 10.0. The van der Waals surface area contributed by atoms with Crippen molar-refractivity contribution in [2.24, 2.45) is 0 Å². The molecule has 1 amide bonds. The van der Waals surface area contributed by atoms with Gasteiger partial charge in [-0.3, -0.25) is 9.59 Å². The predicted molar refractivity (Wildman–Crippen MR) is 74.1 cm³/mol. The Balaban J connectivity index is 2.24. The molecule has 1 aromatic carbocycles. The molecular formula is C15H21NO3. The zero-order chi connectivity index (χ0) is 14.3. The number of hydrogen-bond acceptors (Lipinski definition) is 2. The van der Waals surface area contributed by atoms with Gasteiger partial charge in [0.15, 0.2) is 0 Å². The first-order chi connectivity index (χ1) is 8.99. The number of aryl methyl sites for hydroxylation is 3. The fourth-order valence-corrected chi connectivity index (χ4v) is 1.81. The number of nitrogens with one attached hydrogen (secondary N) is 1. The van der Waals surface area contributed by atoms with Gasteiger partial charge < -0.3 is 10.4 Å². The Hall–Kier alpha value is -1.84. The molecule has 0 aliphatic heterocycles. The summed E-state index contributed by atoms with van der Waals surface area (Å²) in [4.78, 5) is 21.7. The minimum atomic E-state index is -0.893. The summed E-state index contributed by atoms with van der Waals surface area (Å²) in [6.07, 6.45) is 2.06. The smallest absolute Gasteiger partial charge is 0.305 e. The molecule has 0 aliphatic carbocycles. The van der Waals surface area contributed by atoms with E-state index in [1.54, 1.807) is 0 Å². The quantitative estimate of drug-likeness (QED) is 0.792. The maximum atomic E-state index is 11.4. The summed E-state index contributed by atoms with van der Waals surface area (Å²) >= 11 is 0. The van der Waals surface area contributed by atoms with Gasteiger partial charge in [-0.15, -0.1) is 0 Å². The van der Waals surface area contributed by atoms with Gasteiger partial charge in [-0.25, -0.2) is 0 Å². The Kier molecular flexibility index (Phi) is 6.06. The first kappa shape index (κ1) is 15.2. The Bertz CT molecular complexity index is 455. The van der Waals surface area contributed by atoms with Crippen LogP contribution in [0.1, 0.15) is 36.0 Å². The third-order valence-electron chi connectivity index (χ3n) is 3.10. The van der Waals surface area contributed by atoms with Crippen LogP contribution < -0.4 is 5.32 Å². The molecule has 4 heteroatoms. The van der Waals surface area contributed by atoms with Gasteiger partial charge in [-0.1, -0.05) is 18.2 Å². The van der Waals surface area contributed by atoms with E-state index in [-0.39, 0.29) is 18.9 Å². The van der Waals surface area contributed by atoms with Crippen molar-refractivity contribution in [3.05, 3.63) is 34.9 Å². The van der Waals surface area contributed by atoms with Gasteiger partial charge in [-0.2, -0.15) is 0 Å². The molecule has 0 saturated heterocycles. The SMILES string of the molecule is Cc1ccc(CCCC(=O)NCCC(=O)O)cc1C. The normalized spacial score (nSPS) is 10.2. The highest BCUT2D eigenvalue weighted by Gasteiger charge is 2.03. The maximum absolute atomic E-state index is 11.4. The van der Waals surface area contributed by atoms with E-state index in [0.717, 1.165) is 12.8 Å². The van der Waals surface area contributed by atoms with Gasteiger partial charge in [-0.05, 0) is 43.4 Å². The predicted octanol–water partition coefficient (Wildman–Crippen LogP) is 2.22. The second-order valence-corrected chi connectivity index (χ2v) is 4.77. The van der Waals surface area contributed by atoms with E-state index in [0.29, 0.717) is 6.42 Å². The number of amides is 1. The van der Waals surface area contributed by atoms with Crippen LogP contribution in [0.25, 0.3) is 0 Å². The van der Waals surface area contributed by atoms with Crippen LogP contribution in [-0.4, -0.2) is 23.5 Å². The molecule has 0 heterocycles. The molecule has 104 valence electrons. The minimum absolute atomic E-state index is 0.0249. The summed E-state index contributed by atoms with van der Waals surface area (Å²) in [5.74, 6) is -0.972. The van der Waals surface area contributed by atoms with E-state index in [4.69, 9.17) is 5.11 Å². The van der Waals surface area contributed by atoms with Crippen LogP contribution in [-0.2, 0) is 16.0 Å². The molecule has 1 rings (SSSR count). The van der Waals surface area contributed by atoms with Gasteiger partial charge >= 0.3 is 5.97 Å². The molecule has 4 nitrogen and oxygen atoms in total.